The monoisotopic (exact) mass is 502 g/mol. The standard InChI is InChI=1S/C26H22N4O3S2/c1-14-4-6-15(7-5-14)18-10-9-17-22(27)23(35-25(17)28-18)24(31)30-26-29-19(13-34-26)16-8-11-20(32-2)21(12-16)33-3/h4-13H,27H2,1-3H3,(H,29,30,31). The number of carbonyl (C=O) groups is 1. The predicted octanol–water partition coefficient (Wildman–Crippen LogP) is 6.25. The van der Waals surface area contributed by atoms with Crippen LogP contribution in [0.2, 0.25) is 0 Å². The fraction of sp³-hybridized carbons (Fsp3) is 0.115. The first-order valence-electron chi connectivity index (χ1n) is 10.7. The van der Waals surface area contributed by atoms with Crippen molar-refractivity contribution in [3.8, 4) is 34.0 Å². The van der Waals surface area contributed by atoms with Crippen LogP contribution in [-0.2, 0) is 0 Å². The van der Waals surface area contributed by atoms with Crippen molar-refractivity contribution in [1.29, 1.82) is 0 Å². The van der Waals surface area contributed by atoms with Crippen molar-refractivity contribution in [3.63, 3.8) is 0 Å². The number of nitrogens with two attached hydrogens (primary N) is 1. The number of pyridine rings is 1. The molecule has 176 valence electrons. The van der Waals surface area contributed by atoms with Crippen LogP contribution in [0.3, 0.4) is 0 Å². The van der Waals surface area contributed by atoms with E-state index in [2.05, 4.69) is 10.3 Å². The first-order chi connectivity index (χ1) is 17.0. The first kappa shape index (κ1) is 22.8. The van der Waals surface area contributed by atoms with E-state index in [1.54, 1.807) is 14.2 Å². The number of benzene rings is 2. The van der Waals surface area contributed by atoms with Gasteiger partial charge in [0.15, 0.2) is 16.6 Å². The zero-order valence-electron chi connectivity index (χ0n) is 19.3. The van der Waals surface area contributed by atoms with Crippen LogP contribution in [0.5, 0.6) is 11.5 Å². The minimum Gasteiger partial charge on any atom is -0.493 e. The molecule has 3 N–H and O–H groups in total. The smallest absolute Gasteiger partial charge is 0.269 e. The average Bonchev–Trinajstić information content (AvgIpc) is 3.48. The van der Waals surface area contributed by atoms with Crippen LogP contribution in [0.4, 0.5) is 10.8 Å². The highest BCUT2D eigenvalue weighted by molar-refractivity contribution is 7.21. The maximum atomic E-state index is 13.0. The molecule has 7 nitrogen and oxygen atoms in total. The van der Waals surface area contributed by atoms with Crippen molar-refractivity contribution >= 4 is 49.6 Å². The van der Waals surface area contributed by atoms with E-state index in [0.29, 0.717) is 27.2 Å². The van der Waals surface area contributed by atoms with Gasteiger partial charge in [0.1, 0.15) is 9.71 Å². The fourth-order valence-corrected chi connectivity index (χ4v) is 5.37. The summed E-state index contributed by atoms with van der Waals surface area (Å²) in [5, 5.41) is 5.99. The number of aromatic nitrogens is 2. The number of amides is 1. The Balaban J connectivity index is 1.39. The number of thiophene rings is 1. The van der Waals surface area contributed by atoms with Gasteiger partial charge in [-0.2, -0.15) is 0 Å². The highest BCUT2D eigenvalue weighted by atomic mass is 32.1. The molecule has 5 aromatic rings. The number of methoxy groups -OCH3 is 2. The molecule has 3 heterocycles. The second kappa shape index (κ2) is 9.36. The highest BCUT2D eigenvalue weighted by Crippen LogP contribution is 2.36. The SMILES string of the molecule is COc1ccc(-c2csc(NC(=O)c3sc4nc(-c5ccc(C)cc5)ccc4c3N)n2)cc1OC. The van der Waals surface area contributed by atoms with Gasteiger partial charge in [-0.05, 0) is 37.3 Å². The molecule has 0 atom stereocenters. The van der Waals surface area contributed by atoms with Crippen LogP contribution >= 0.6 is 22.7 Å². The van der Waals surface area contributed by atoms with Crippen molar-refractivity contribution in [2.75, 3.05) is 25.3 Å². The van der Waals surface area contributed by atoms with Gasteiger partial charge in [-0.25, -0.2) is 9.97 Å². The lowest BCUT2D eigenvalue weighted by molar-refractivity contribution is 0.103. The first-order valence-corrected chi connectivity index (χ1v) is 12.4. The molecule has 3 aromatic heterocycles. The molecule has 0 bridgehead atoms. The minimum absolute atomic E-state index is 0.310. The van der Waals surface area contributed by atoms with Crippen LogP contribution < -0.4 is 20.5 Å². The molecule has 0 aliphatic rings. The number of carbonyl (C=O) groups excluding carboxylic acids is 1. The van der Waals surface area contributed by atoms with Crippen LogP contribution in [0.25, 0.3) is 32.7 Å². The number of hydrogen-bond donors (Lipinski definition) is 2. The highest BCUT2D eigenvalue weighted by Gasteiger charge is 2.19. The Morgan fingerprint density at radius 2 is 1.66 bits per heavy atom. The maximum absolute atomic E-state index is 13.0. The topological polar surface area (TPSA) is 99.4 Å². The zero-order chi connectivity index (χ0) is 24.5. The van der Waals surface area contributed by atoms with Crippen LogP contribution in [0.15, 0.2) is 60.0 Å². The van der Waals surface area contributed by atoms with Crippen LogP contribution in [0.1, 0.15) is 15.2 Å². The number of anilines is 2. The number of fused-ring (bicyclic) bond motifs is 1. The third kappa shape index (κ3) is 4.43. The summed E-state index contributed by atoms with van der Waals surface area (Å²) in [6.07, 6.45) is 0. The largest absolute Gasteiger partial charge is 0.493 e. The van der Waals surface area contributed by atoms with Crippen LogP contribution in [0, 0.1) is 6.92 Å². The van der Waals surface area contributed by atoms with Gasteiger partial charge in [-0.1, -0.05) is 29.8 Å². The average molecular weight is 503 g/mol. The second-order valence-corrected chi connectivity index (χ2v) is 9.68. The molecular formula is C26H22N4O3S2. The van der Waals surface area contributed by atoms with E-state index in [-0.39, 0.29) is 5.91 Å². The molecule has 2 aromatic carbocycles. The molecule has 0 aliphatic heterocycles. The van der Waals surface area contributed by atoms with Gasteiger partial charge in [0, 0.05) is 21.9 Å². The van der Waals surface area contributed by atoms with Crippen molar-refractivity contribution < 1.29 is 14.3 Å². The molecule has 5 rings (SSSR count). The summed E-state index contributed by atoms with van der Waals surface area (Å²) >= 11 is 2.61. The number of nitrogen functional groups attached to an aromatic ring is 1. The Morgan fingerprint density at radius 3 is 2.40 bits per heavy atom. The normalized spacial score (nSPS) is 10.9. The molecule has 0 saturated carbocycles. The Hall–Kier alpha value is -3.95. The summed E-state index contributed by atoms with van der Waals surface area (Å²) < 4.78 is 10.7. The van der Waals surface area contributed by atoms with E-state index >= 15 is 0 Å². The minimum atomic E-state index is -0.310. The summed E-state index contributed by atoms with van der Waals surface area (Å²) in [7, 11) is 3.18. The lowest BCUT2D eigenvalue weighted by Gasteiger charge is -2.08. The lowest BCUT2D eigenvalue weighted by Crippen LogP contribution is -2.11. The molecule has 35 heavy (non-hydrogen) atoms. The van der Waals surface area contributed by atoms with E-state index < -0.39 is 0 Å². The zero-order valence-corrected chi connectivity index (χ0v) is 20.9. The van der Waals surface area contributed by atoms with Gasteiger partial charge in [0.2, 0.25) is 0 Å². The molecule has 0 saturated heterocycles. The number of ether oxygens (including phenoxy) is 2. The summed E-state index contributed by atoms with van der Waals surface area (Å²) in [5.74, 6) is 0.939. The lowest BCUT2D eigenvalue weighted by atomic mass is 10.1. The Kier molecular flexibility index (Phi) is 6.10. The Bertz CT molecular complexity index is 1540. The number of nitrogens with one attached hydrogen (secondary N) is 1. The molecule has 0 fully saturated rings. The number of rotatable bonds is 6. The van der Waals surface area contributed by atoms with Gasteiger partial charge < -0.3 is 15.2 Å². The molecule has 0 aliphatic carbocycles. The number of aryl methyl sites for hydroxylation is 1. The third-order valence-electron chi connectivity index (χ3n) is 5.55. The number of nitrogens with zero attached hydrogens (tertiary/aromatic N) is 2. The summed E-state index contributed by atoms with van der Waals surface area (Å²) in [6, 6.07) is 17.6. The molecule has 0 unspecified atom stereocenters. The third-order valence-corrected chi connectivity index (χ3v) is 7.42. The molecule has 0 radical (unpaired) electrons. The molecule has 1 amide bonds. The van der Waals surface area contributed by atoms with E-state index in [9.17, 15) is 4.79 Å². The van der Waals surface area contributed by atoms with Crippen molar-refractivity contribution in [1.82, 2.24) is 9.97 Å². The fourth-order valence-electron chi connectivity index (χ4n) is 3.66. The van der Waals surface area contributed by atoms with Gasteiger partial charge in [-0.15, -0.1) is 22.7 Å². The van der Waals surface area contributed by atoms with Gasteiger partial charge in [0.05, 0.1) is 31.3 Å². The Morgan fingerprint density at radius 1 is 0.914 bits per heavy atom. The van der Waals surface area contributed by atoms with E-state index in [0.717, 1.165) is 32.7 Å². The summed E-state index contributed by atoms with van der Waals surface area (Å²) in [4.78, 5) is 23.5. The van der Waals surface area contributed by atoms with Crippen molar-refractivity contribution in [3.05, 3.63) is 70.4 Å². The van der Waals surface area contributed by atoms with Gasteiger partial charge >= 0.3 is 0 Å². The van der Waals surface area contributed by atoms with Crippen molar-refractivity contribution in [2.24, 2.45) is 0 Å². The van der Waals surface area contributed by atoms with Gasteiger partial charge in [-0.3, -0.25) is 10.1 Å². The predicted molar refractivity (Wildman–Crippen MR) is 143 cm³/mol. The maximum Gasteiger partial charge on any atom is 0.269 e. The van der Waals surface area contributed by atoms with E-state index in [1.807, 2.05) is 66.9 Å². The summed E-state index contributed by atoms with van der Waals surface area (Å²) in [6.45, 7) is 2.05. The van der Waals surface area contributed by atoms with E-state index in [4.69, 9.17) is 20.2 Å². The molecule has 0 spiro atoms. The number of thiazole rings is 1. The van der Waals surface area contributed by atoms with Crippen molar-refractivity contribution in [2.45, 2.75) is 6.92 Å². The molecule has 9 heteroatoms. The number of hydrogen-bond acceptors (Lipinski definition) is 8. The Labute approximate surface area is 210 Å². The van der Waals surface area contributed by atoms with E-state index in [1.165, 1.54) is 28.2 Å². The summed E-state index contributed by atoms with van der Waals surface area (Å²) in [5.41, 5.74) is 11.4. The molecular weight excluding hydrogens is 480 g/mol. The quantitative estimate of drug-likeness (QED) is 0.285. The van der Waals surface area contributed by atoms with Gasteiger partial charge in [0.25, 0.3) is 5.91 Å². The van der Waals surface area contributed by atoms with Crippen LogP contribution in [-0.4, -0.2) is 30.1 Å². The second-order valence-electron chi connectivity index (χ2n) is 7.82.